The highest BCUT2D eigenvalue weighted by molar-refractivity contribution is 7.99. The number of amides is 1. The van der Waals surface area contributed by atoms with E-state index in [4.69, 9.17) is 4.42 Å². The number of thioether (sulfide) groups is 1. The molecule has 0 aliphatic carbocycles. The Morgan fingerprint density at radius 3 is 3.06 bits per heavy atom. The predicted octanol–water partition coefficient (Wildman–Crippen LogP) is 2.41. The highest BCUT2D eigenvalue weighted by atomic mass is 32.2. The highest BCUT2D eigenvalue weighted by Gasteiger charge is 2.11. The Hall–Kier alpha value is -1.34. The van der Waals surface area contributed by atoms with Gasteiger partial charge in [0.25, 0.3) is 11.1 Å². The van der Waals surface area contributed by atoms with Gasteiger partial charge < -0.3 is 9.73 Å². The largest absolute Gasteiger partial charge is 0.410 e. The fraction of sp³-hybridized carbons (Fsp3) is 0.364. The number of hydrogen-bond acceptors (Lipinski definition) is 6. The first-order valence-corrected chi connectivity index (χ1v) is 7.31. The predicted molar refractivity (Wildman–Crippen MR) is 71.6 cm³/mol. The van der Waals surface area contributed by atoms with E-state index in [2.05, 4.69) is 15.5 Å². The summed E-state index contributed by atoms with van der Waals surface area (Å²) < 4.78 is 5.45. The van der Waals surface area contributed by atoms with E-state index in [1.165, 1.54) is 23.1 Å². The Kier molecular flexibility index (Phi) is 4.38. The smallest absolute Gasteiger partial charge is 0.277 e. The van der Waals surface area contributed by atoms with Gasteiger partial charge in [-0.1, -0.05) is 17.8 Å². The Morgan fingerprint density at radius 2 is 2.39 bits per heavy atom. The van der Waals surface area contributed by atoms with E-state index in [9.17, 15) is 4.79 Å². The molecule has 0 atom stereocenters. The average Bonchev–Trinajstić information content (AvgIpc) is 2.96. The van der Waals surface area contributed by atoms with Crippen LogP contribution in [0.1, 0.15) is 13.8 Å². The van der Waals surface area contributed by atoms with Crippen molar-refractivity contribution in [3.05, 3.63) is 17.5 Å². The molecule has 0 fully saturated rings. The summed E-state index contributed by atoms with van der Waals surface area (Å²) in [7, 11) is 0. The third-order valence-electron chi connectivity index (χ3n) is 1.91. The van der Waals surface area contributed by atoms with Crippen molar-refractivity contribution >= 4 is 29.0 Å². The standard InChI is InChI=1S/C11H13N3O2S2/c1-7(2)12-9(15)6-18-11-14-13-10(16-11)8-4-3-5-17-8/h3-5,7H,6H2,1-2H3,(H,12,15). The lowest BCUT2D eigenvalue weighted by Gasteiger charge is -2.06. The third kappa shape index (κ3) is 3.58. The number of carbonyl (C=O) groups is 1. The Balaban J connectivity index is 1.89. The fourth-order valence-corrected chi connectivity index (χ4v) is 2.48. The average molecular weight is 283 g/mol. The monoisotopic (exact) mass is 283 g/mol. The number of aromatic nitrogens is 2. The molecule has 0 spiro atoms. The van der Waals surface area contributed by atoms with Crippen LogP contribution in [0.2, 0.25) is 0 Å². The van der Waals surface area contributed by atoms with E-state index in [-0.39, 0.29) is 17.7 Å². The molecule has 0 saturated carbocycles. The topological polar surface area (TPSA) is 68.0 Å². The SMILES string of the molecule is CC(C)NC(=O)CSc1nnc(-c2cccs2)o1. The van der Waals surface area contributed by atoms with Crippen molar-refractivity contribution in [1.29, 1.82) is 0 Å². The molecule has 0 aromatic carbocycles. The van der Waals surface area contributed by atoms with Crippen molar-refractivity contribution in [3.63, 3.8) is 0 Å². The lowest BCUT2D eigenvalue weighted by molar-refractivity contribution is -0.119. The number of nitrogens with one attached hydrogen (secondary N) is 1. The summed E-state index contributed by atoms with van der Waals surface area (Å²) in [6.45, 7) is 3.84. The van der Waals surface area contributed by atoms with Crippen LogP contribution in [0.3, 0.4) is 0 Å². The summed E-state index contributed by atoms with van der Waals surface area (Å²) in [4.78, 5) is 12.4. The summed E-state index contributed by atoms with van der Waals surface area (Å²) >= 11 is 2.78. The van der Waals surface area contributed by atoms with Crippen molar-refractivity contribution in [1.82, 2.24) is 15.5 Å². The zero-order valence-electron chi connectivity index (χ0n) is 10.0. The lowest BCUT2D eigenvalue weighted by Crippen LogP contribution is -2.31. The summed E-state index contributed by atoms with van der Waals surface area (Å²) in [5.74, 6) is 0.743. The van der Waals surface area contributed by atoms with Gasteiger partial charge in [-0.25, -0.2) is 0 Å². The molecular formula is C11H13N3O2S2. The van der Waals surface area contributed by atoms with Gasteiger partial charge in [-0.05, 0) is 25.3 Å². The van der Waals surface area contributed by atoms with Crippen LogP contribution in [0.25, 0.3) is 10.8 Å². The maximum absolute atomic E-state index is 11.4. The molecule has 2 aromatic rings. The van der Waals surface area contributed by atoms with E-state index < -0.39 is 0 Å². The van der Waals surface area contributed by atoms with Crippen LogP contribution in [0.4, 0.5) is 0 Å². The van der Waals surface area contributed by atoms with Crippen LogP contribution in [0.15, 0.2) is 27.2 Å². The number of hydrogen-bond donors (Lipinski definition) is 1. The van der Waals surface area contributed by atoms with Gasteiger partial charge in [-0.15, -0.1) is 21.5 Å². The summed E-state index contributed by atoms with van der Waals surface area (Å²) in [6, 6.07) is 3.98. The second kappa shape index (κ2) is 6.01. The molecule has 0 aliphatic heterocycles. The Morgan fingerprint density at radius 1 is 1.56 bits per heavy atom. The molecule has 0 radical (unpaired) electrons. The van der Waals surface area contributed by atoms with Crippen molar-refractivity contribution < 1.29 is 9.21 Å². The van der Waals surface area contributed by atoms with Crippen LogP contribution in [0, 0.1) is 0 Å². The Bertz CT molecular complexity index is 508. The van der Waals surface area contributed by atoms with Gasteiger partial charge in [0.05, 0.1) is 10.6 Å². The molecule has 0 bridgehead atoms. The number of thiophene rings is 1. The molecule has 1 N–H and O–H groups in total. The van der Waals surface area contributed by atoms with Crippen LogP contribution < -0.4 is 5.32 Å². The van der Waals surface area contributed by atoms with E-state index in [1.807, 2.05) is 31.4 Å². The van der Waals surface area contributed by atoms with Crippen LogP contribution >= 0.6 is 23.1 Å². The van der Waals surface area contributed by atoms with Crippen molar-refractivity contribution in [2.45, 2.75) is 25.1 Å². The zero-order chi connectivity index (χ0) is 13.0. The van der Waals surface area contributed by atoms with Crippen LogP contribution in [0.5, 0.6) is 0 Å². The van der Waals surface area contributed by atoms with Gasteiger partial charge in [0, 0.05) is 6.04 Å². The van der Waals surface area contributed by atoms with Crippen LogP contribution in [-0.4, -0.2) is 27.9 Å². The number of rotatable bonds is 5. The molecular weight excluding hydrogens is 270 g/mol. The third-order valence-corrected chi connectivity index (χ3v) is 3.59. The van der Waals surface area contributed by atoms with E-state index in [1.54, 1.807) is 0 Å². The summed E-state index contributed by atoms with van der Waals surface area (Å²) in [6.07, 6.45) is 0. The van der Waals surface area contributed by atoms with Gasteiger partial charge in [0.15, 0.2) is 0 Å². The van der Waals surface area contributed by atoms with Crippen LogP contribution in [-0.2, 0) is 4.79 Å². The molecule has 2 aromatic heterocycles. The minimum atomic E-state index is -0.0362. The van der Waals surface area contributed by atoms with E-state index in [0.29, 0.717) is 11.1 Å². The van der Waals surface area contributed by atoms with Crippen molar-refractivity contribution in [2.24, 2.45) is 0 Å². The lowest BCUT2D eigenvalue weighted by atomic mass is 10.4. The van der Waals surface area contributed by atoms with Gasteiger partial charge >= 0.3 is 0 Å². The summed E-state index contributed by atoms with van der Waals surface area (Å²) in [5, 5.41) is 13.0. The maximum Gasteiger partial charge on any atom is 0.277 e. The first kappa shape index (κ1) is 13.1. The quantitative estimate of drug-likeness (QED) is 0.853. The summed E-state index contributed by atoms with van der Waals surface area (Å²) in [5.41, 5.74) is 0. The molecule has 7 heteroatoms. The number of carbonyl (C=O) groups excluding carboxylic acids is 1. The van der Waals surface area contributed by atoms with E-state index in [0.717, 1.165) is 4.88 Å². The molecule has 2 rings (SSSR count). The molecule has 18 heavy (non-hydrogen) atoms. The first-order chi connectivity index (χ1) is 8.65. The fourth-order valence-electron chi connectivity index (χ4n) is 1.26. The maximum atomic E-state index is 11.4. The van der Waals surface area contributed by atoms with Gasteiger partial charge in [0.2, 0.25) is 5.91 Å². The zero-order valence-corrected chi connectivity index (χ0v) is 11.7. The van der Waals surface area contributed by atoms with Gasteiger partial charge in [-0.3, -0.25) is 4.79 Å². The molecule has 0 unspecified atom stereocenters. The highest BCUT2D eigenvalue weighted by Crippen LogP contribution is 2.26. The Labute approximate surface area is 113 Å². The first-order valence-electron chi connectivity index (χ1n) is 5.44. The van der Waals surface area contributed by atoms with E-state index >= 15 is 0 Å². The van der Waals surface area contributed by atoms with Crippen molar-refractivity contribution in [3.8, 4) is 10.8 Å². The normalized spacial score (nSPS) is 10.8. The molecule has 1 amide bonds. The molecule has 5 nitrogen and oxygen atoms in total. The minimum Gasteiger partial charge on any atom is -0.410 e. The minimum absolute atomic E-state index is 0.0362. The molecule has 0 aliphatic rings. The second-order valence-corrected chi connectivity index (χ2v) is 5.74. The second-order valence-electron chi connectivity index (χ2n) is 3.86. The van der Waals surface area contributed by atoms with Gasteiger partial charge in [-0.2, -0.15) is 0 Å². The molecule has 2 heterocycles. The number of nitrogens with zero attached hydrogens (tertiary/aromatic N) is 2. The molecule has 0 saturated heterocycles. The van der Waals surface area contributed by atoms with Gasteiger partial charge in [0.1, 0.15) is 0 Å². The van der Waals surface area contributed by atoms with Crippen molar-refractivity contribution in [2.75, 3.05) is 5.75 Å². The molecule has 96 valence electrons.